The number of anilines is 1. The molecule has 2 fully saturated rings. The van der Waals surface area contributed by atoms with Gasteiger partial charge in [0.1, 0.15) is 16.8 Å². The summed E-state index contributed by atoms with van der Waals surface area (Å²) in [5.74, 6) is 3.46. The summed E-state index contributed by atoms with van der Waals surface area (Å²) in [6.07, 6.45) is 9.02. The fourth-order valence-electron chi connectivity index (χ4n) is 3.20. The van der Waals surface area contributed by atoms with Gasteiger partial charge >= 0.3 is 0 Å². The first-order chi connectivity index (χ1) is 9.76. The van der Waals surface area contributed by atoms with Crippen molar-refractivity contribution in [3.8, 4) is 0 Å². The molecule has 1 aliphatic heterocycles. The van der Waals surface area contributed by atoms with Crippen LogP contribution in [0.2, 0.25) is 5.15 Å². The van der Waals surface area contributed by atoms with E-state index in [4.69, 9.17) is 16.6 Å². The Hall–Kier alpha value is -0.830. The fourth-order valence-corrected chi connectivity index (χ4v) is 3.38. The quantitative estimate of drug-likeness (QED) is 0.770. The van der Waals surface area contributed by atoms with Gasteiger partial charge in [-0.3, -0.25) is 0 Å². The molecule has 1 atom stereocenters. The van der Waals surface area contributed by atoms with E-state index in [-0.39, 0.29) is 0 Å². The van der Waals surface area contributed by atoms with Crippen molar-refractivity contribution in [3.05, 3.63) is 17.0 Å². The van der Waals surface area contributed by atoms with Crippen molar-refractivity contribution >= 4 is 17.4 Å². The van der Waals surface area contributed by atoms with Gasteiger partial charge in [0.25, 0.3) is 0 Å². The first kappa shape index (κ1) is 14.1. The van der Waals surface area contributed by atoms with Crippen LogP contribution in [0.25, 0.3) is 0 Å². The predicted molar refractivity (Wildman–Crippen MR) is 83.5 cm³/mol. The second-order valence-electron chi connectivity index (χ2n) is 6.25. The molecule has 3 nitrogen and oxygen atoms in total. The van der Waals surface area contributed by atoms with Gasteiger partial charge in [0.05, 0.1) is 0 Å². The van der Waals surface area contributed by atoms with Crippen molar-refractivity contribution < 1.29 is 0 Å². The van der Waals surface area contributed by atoms with Crippen LogP contribution in [0.15, 0.2) is 6.07 Å². The van der Waals surface area contributed by atoms with Gasteiger partial charge in [0.15, 0.2) is 0 Å². The Kier molecular flexibility index (Phi) is 4.45. The smallest absolute Gasteiger partial charge is 0.135 e. The minimum Gasteiger partial charge on any atom is -0.356 e. The minimum absolute atomic E-state index is 0.562. The Labute approximate surface area is 126 Å². The zero-order valence-electron chi connectivity index (χ0n) is 12.3. The molecule has 0 amide bonds. The molecule has 0 bridgehead atoms. The summed E-state index contributed by atoms with van der Waals surface area (Å²) < 4.78 is 0. The number of hydrogen-bond donors (Lipinski definition) is 0. The lowest BCUT2D eigenvalue weighted by molar-refractivity contribution is 0.435. The average molecular weight is 294 g/mol. The highest BCUT2D eigenvalue weighted by Gasteiger charge is 2.28. The van der Waals surface area contributed by atoms with Gasteiger partial charge in [-0.2, -0.15) is 0 Å². The molecule has 1 aromatic rings. The van der Waals surface area contributed by atoms with Crippen molar-refractivity contribution in [2.24, 2.45) is 5.92 Å². The van der Waals surface area contributed by atoms with Crippen LogP contribution in [0.4, 0.5) is 5.82 Å². The average Bonchev–Trinajstić information content (AvgIpc) is 3.26. The molecule has 20 heavy (non-hydrogen) atoms. The van der Waals surface area contributed by atoms with E-state index >= 15 is 0 Å². The highest BCUT2D eigenvalue weighted by molar-refractivity contribution is 6.29. The Balaban J connectivity index is 1.71. The SMILES string of the molecule is CCCC1CCCN(c2cc(Cl)nc(C3CC3)n2)CC1. The maximum atomic E-state index is 6.18. The zero-order chi connectivity index (χ0) is 13.9. The largest absolute Gasteiger partial charge is 0.356 e. The molecule has 0 aromatic carbocycles. The van der Waals surface area contributed by atoms with Crippen molar-refractivity contribution in [3.63, 3.8) is 0 Å². The van der Waals surface area contributed by atoms with E-state index in [9.17, 15) is 0 Å². The van der Waals surface area contributed by atoms with Crippen LogP contribution in [0, 0.1) is 5.92 Å². The van der Waals surface area contributed by atoms with Crippen LogP contribution >= 0.6 is 11.6 Å². The molecule has 1 saturated heterocycles. The van der Waals surface area contributed by atoms with Crippen LogP contribution in [-0.4, -0.2) is 23.1 Å². The number of halogens is 1. The monoisotopic (exact) mass is 293 g/mol. The molecule has 0 radical (unpaired) electrons. The zero-order valence-corrected chi connectivity index (χ0v) is 13.1. The first-order valence-electron chi connectivity index (χ1n) is 8.05. The molecular formula is C16H24ClN3. The Morgan fingerprint density at radius 2 is 2.05 bits per heavy atom. The van der Waals surface area contributed by atoms with E-state index in [2.05, 4.69) is 16.8 Å². The molecule has 0 spiro atoms. The van der Waals surface area contributed by atoms with Gasteiger partial charge in [-0.1, -0.05) is 31.4 Å². The number of rotatable bonds is 4. The highest BCUT2D eigenvalue weighted by Crippen LogP contribution is 2.39. The molecule has 2 aliphatic rings. The van der Waals surface area contributed by atoms with E-state index in [1.165, 1.54) is 44.9 Å². The second-order valence-corrected chi connectivity index (χ2v) is 6.64. The minimum atomic E-state index is 0.562. The van der Waals surface area contributed by atoms with Crippen LogP contribution in [-0.2, 0) is 0 Å². The van der Waals surface area contributed by atoms with Crippen LogP contribution in [0.5, 0.6) is 0 Å². The lowest BCUT2D eigenvalue weighted by Crippen LogP contribution is -2.25. The van der Waals surface area contributed by atoms with Gasteiger partial charge < -0.3 is 4.90 Å². The molecule has 1 aromatic heterocycles. The molecular weight excluding hydrogens is 270 g/mol. The number of hydrogen-bond acceptors (Lipinski definition) is 3. The van der Waals surface area contributed by atoms with E-state index in [0.29, 0.717) is 11.1 Å². The van der Waals surface area contributed by atoms with E-state index < -0.39 is 0 Å². The van der Waals surface area contributed by atoms with Crippen LogP contribution in [0.3, 0.4) is 0 Å². The normalized spacial score (nSPS) is 23.7. The van der Waals surface area contributed by atoms with Gasteiger partial charge in [-0.25, -0.2) is 9.97 Å². The molecule has 3 rings (SSSR count). The maximum Gasteiger partial charge on any atom is 0.135 e. The molecule has 1 saturated carbocycles. The van der Waals surface area contributed by atoms with Crippen molar-refractivity contribution in [1.82, 2.24) is 9.97 Å². The van der Waals surface area contributed by atoms with Crippen molar-refractivity contribution in [2.75, 3.05) is 18.0 Å². The highest BCUT2D eigenvalue weighted by atomic mass is 35.5. The Bertz CT molecular complexity index is 459. The van der Waals surface area contributed by atoms with Crippen molar-refractivity contribution in [2.45, 2.75) is 57.8 Å². The van der Waals surface area contributed by atoms with E-state index in [0.717, 1.165) is 30.6 Å². The first-order valence-corrected chi connectivity index (χ1v) is 8.43. The standard InChI is InChI=1S/C16H24ClN3/c1-2-4-12-5-3-9-20(10-8-12)15-11-14(17)18-16(19-15)13-6-7-13/h11-13H,2-10H2,1H3. The summed E-state index contributed by atoms with van der Waals surface area (Å²) in [4.78, 5) is 11.6. The van der Waals surface area contributed by atoms with Gasteiger partial charge in [0.2, 0.25) is 0 Å². The van der Waals surface area contributed by atoms with Gasteiger partial charge in [-0.05, 0) is 38.0 Å². The number of aromatic nitrogens is 2. The molecule has 4 heteroatoms. The summed E-state index contributed by atoms with van der Waals surface area (Å²) in [5, 5.41) is 0.603. The van der Waals surface area contributed by atoms with Crippen LogP contribution in [0.1, 0.15) is 63.6 Å². The van der Waals surface area contributed by atoms with Gasteiger partial charge in [0, 0.05) is 25.1 Å². The predicted octanol–water partition coefficient (Wildman–Crippen LogP) is 4.41. The second kappa shape index (κ2) is 6.30. The number of nitrogens with zero attached hydrogens (tertiary/aromatic N) is 3. The molecule has 0 N–H and O–H groups in total. The third-order valence-corrected chi connectivity index (χ3v) is 4.70. The van der Waals surface area contributed by atoms with Crippen molar-refractivity contribution in [1.29, 1.82) is 0 Å². The summed E-state index contributed by atoms with van der Waals surface area (Å²) in [5.41, 5.74) is 0. The Morgan fingerprint density at radius 1 is 1.20 bits per heavy atom. The lowest BCUT2D eigenvalue weighted by Gasteiger charge is -2.22. The fraction of sp³-hybridized carbons (Fsp3) is 0.750. The lowest BCUT2D eigenvalue weighted by atomic mass is 9.96. The third kappa shape index (κ3) is 3.43. The summed E-state index contributed by atoms with van der Waals surface area (Å²) in [6.45, 7) is 4.51. The summed E-state index contributed by atoms with van der Waals surface area (Å²) >= 11 is 6.18. The summed E-state index contributed by atoms with van der Waals surface area (Å²) in [6, 6.07) is 1.94. The maximum absolute atomic E-state index is 6.18. The molecule has 1 aliphatic carbocycles. The topological polar surface area (TPSA) is 29.0 Å². The molecule has 2 heterocycles. The Morgan fingerprint density at radius 3 is 2.80 bits per heavy atom. The van der Waals surface area contributed by atoms with E-state index in [1.54, 1.807) is 0 Å². The van der Waals surface area contributed by atoms with Gasteiger partial charge in [-0.15, -0.1) is 0 Å². The third-order valence-electron chi connectivity index (χ3n) is 4.51. The summed E-state index contributed by atoms with van der Waals surface area (Å²) in [7, 11) is 0. The van der Waals surface area contributed by atoms with E-state index in [1.807, 2.05) is 6.07 Å². The molecule has 110 valence electrons. The van der Waals surface area contributed by atoms with Crippen LogP contribution < -0.4 is 4.90 Å². The molecule has 1 unspecified atom stereocenters.